The minimum atomic E-state index is -1.21. The summed E-state index contributed by atoms with van der Waals surface area (Å²) >= 11 is 3.00. The average molecular weight is 330 g/mol. The number of carbonyl (C=O) groups is 2. The molecule has 1 fully saturated rings. The fourth-order valence-corrected chi connectivity index (χ4v) is 2.54. The van der Waals surface area contributed by atoms with Crippen LogP contribution in [0.2, 0.25) is 0 Å². The number of hydrogen-bond donors (Lipinski definition) is 2. The number of carbonyl (C=O) groups excluding carboxylic acids is 1. The molecule has 0 unspecified atom stereocenters. The lowest BCUT2D eigenvalue weighted by Gasteiger charge is -2.25. The Morgan fingerprint density at radius 3 is 2.47 bits per heavy atom. The number of hydrogen-bond acceptors (Lipinski definition) is 2. The summed E-state index contributed by atoms with van der Waals surface area (Å²) in [4.78, 5) is 23.3. The lowest BCUT2D eigenvalue weighted by Crippen LogP contribution is -2.52. The maximum absolute atomic E-state index is 13.4. The number of carboxylic acids is 1. The Morgan fingerprint density at radius 1 is 1.32 bits per heavy atom. The molecule has 1 aromatic carbocycles. The lowest BCUT2D eigenvalue weighted by molar-refractivity contribution is -0.144. The van der Waals surface area contributed by atoms with Gasteiger partial charge in [0.05, 0.1) is 4.47 Å². The van der Waals surface area contributed by atoms with Gasteiger partial charge in [-0.3, -0.25) is 4.79 Å². The number of benzene rings is 1. The SMILES string of the molecule is O=C(NC1(C(=O)O)CCCC1)c1ccc(Br)c(F)c1. The van der Waals surface area contributed by atoms with Gasteiger partial charge < -0.3 is 10.4 Å². The topological polar surface area (TPSA) is 66.4 Å². The van der Waals surface area contributed by atoms with E-state index in [1.807, 2.05) is 0 Å². The van der Waals surface area contributed by atoms with Crippen LogP contribution in [0.1, 0.15) is 36.0 Å². The first-order valence-corrected chi connectivity index (χ1v) is 6.75. The Bertz CT molecular complexity index is 527. The summed E-state index contributed by atoms with van der Waals surface area (Å²) in [6.07, 6.45) is 2.35. The number of halogens is 2. The van der Waals surface area contributed by atoms with Crippen molar-refractivity contribution in [2.75, 3.05) is 0 Å². The number of aliphatic carboxylic acids is 1. The molecule has 1 aromatic rings. The van der Waals surface area contributed by atoms with Crippen molar-refractivity contribution < 1.29 is 19.1 Å². The summed E-state index contributed by atoms with van der Waals surface area (Å²) in [5, 5.41) is 11.8. The number of carboxylic acid groups (broad SMARTS) is 1. The van der Waals surface area contributed by atoms with Crippen LogP contribution in [0.15, 0.2) is 22.7 Å². The van der Waals surface area contributed by atoms with Crippen LogP contribution in [-0.4, -0.2) is 22.5 Å². The van der Waals surface area contributed by atoms with Gasteiger partial charge in [0.2, 0.25) is 0 Å². The average Bonchev–Trinajstić information content (AvgIpc) is 2.82. The van der Waals surface area contributed by atoms with Crippen LogP contribution >= 0.6 is 15.9 Å². The molecule has 1 saturated carbocycles. The van der Waals surface area contributed by atoms with E-state index in [0.29, 0.717) is 12.8 Å². The Hall–Kier alpha value is -1.43. The second kappa shape index (κ2) is 5.28. The highest BCUT2D eigenvalue weighted by Gasteiger charge is 2.42. The van der Waals surface area contributed by atoms with E-state index in [0.717, 1.165) is 18.9 Å². The zero-order valence-corrected chi connectivity index (χ0v) is 11.7. The van der Waals surface area contributed by atoms with Crippen LogP contribution in [0.3, 0.4) is 0 Å². The summed E-state index contributed by atoms with van der Waals surface area (Å²) in [6, 6.07) is 3.96. The van der Waals surface area contributed by atoms with E-state index < -0.39 is 23.2 Å². The highest BCUT2D eigenvalue weighted by Crippen LogP contribution is 2.30. The molecule has 0 atom stereocenters. The summed E-state index contributed by atoms with van der Waals surface area (Å²) in [7, 11) is 0. The molecule has 0 heterocycles. The summed E-state index contributed by atoms with van der Waals surface area (Å²) in [6.45, 7) is 0. The quantitative estimate of drug-likeness (QED) is 0.896. The van der Waals surface area contributed by atoms with E-state index in [9.17, 15) is 19.1 Å². The van der Waals surface area contributed by atoms with Gasteiger partial charge in [0, 0.05) is 5.56 Å². The fourth-order valence-electron chi connectivity index (χ4n) is 2.30. The van der Waals surface area contributed by atoms with E-state index >= 15 is 0 Å². The molecule has 19 heavy (non-hydrogen) atoms. The smallest absolute Gasteiger partial charge is 0.329 e. The third kappa shape index (κ3) is 2.78. The third-order valence-electron chi connectivity index (χ3n) is 3.40. The molecular formula is C13H13BrFNO3. The molecule has 102 valence electrons. The zero-order valence-electron chi connectivity index (χ0n) is 10.1. The minimum absolute atomic E-state index is 0.119. The van der Waals surface area contributed by atoms with E-state index in [4.69, 9.17) is 0 Å². The molecule has 0 bridgehead atoms. The van der Waals surface area contributed by atoms with E-state index in [-0.39, 0.29) is 10.0 Å². The van der Waals surface area contributed by atoms with Crippen LogP contribution in [0.4, 0.5) is 4.39 Å². The van der Waals surface area contributed by atoms with E-state index in [1.165, 1.54) is 12.1 Å². The van der Waals surface area contributed by atoms with Gasteiger partial charge in [0.15, 0.2) is 0 Å². The second-order valence-electron chi connectivity index (χ2n) is 4.68. The fraction of sp³-hybridized carbons (Fsp3) is 0.385. The number of amides is 1. The van der Waals surface area contributed by atoms with Crippen molar-refractivity contribution in [3.05, 3.63) is 34.1 Å². The molecule has 1 aliphatic carbocycles. The van der Waals surface area contributed by atoms with Gasteiger partial charge in [0.1, 0.15) is 11.4 Å². The number of nitrogens with one attached hydrogen (secondary N) is 1. The van der Waals surface area contributed by atoms with Gasteiger partial charge >= 0.3 is 5.97 Å². The molecule has 6 heteroatoms. The maximum Gasteiger partial charge on any atom is 0.329 e. The van der Waals surface area contributed by atoms with Crippen molar-refractivity contribution in [1.82, 2.24) is 5.32 Å². The number of rotatable bonds is 3. The molecule has 4 nitrogen and oxygen atoms in total. The van der Waals surface area contributed by atoms with Crippen molar-refractivity contribution in [3.8, 4) is 0 Å². The van der Waals surface area contributed by atoms with Crippen LogP contribution < -0.4 is 5.32 Å². The Labute approximate surface area is 118 Å². The first-order valence-electron chi connectivity index (χ1n) is 5.95. The molecule has 1 amide bonds. The first-order chi connectivity index (χ1) is 8.94. The summed E-state index contributed by atoms with van der Waals surface area (Å²) < 4.78 is 13.6. The molecule has 0 radical (unpaired) electrons. The third-order valence-corrected chi connectivity index (χ3v) is 4.04. The van der Waals surface area contributed by atoms with Crippen molar-refractivity contribution in [1.29, 1.82) is 0 Å². The molecular weight excluding hydrogens is 317 g/mol. The Kier molecular flexibility index (Phi) is 3.89. The van der Waals surface area contributed by atoms with Crippen LogP contribution in [-0.2, 0) is 4.79 Å². The minimum Gasteiger partial charge on any atom is -0.480 e. The van der Waals surface area contributed by atoms with Crippen molar-refractivity contribution in [2.45, 2.75) is 31.2 Å². The van der Waals surface area contributed by atoms with Gasteiger partial charge in [-0.2, -0.15) is 0 Å². The van der Waals surface area contributed by atoms with Gasteiger partial charge in [-0.25, -0.2) is 9.18 Å². The summed E-state index contributed by atoms with van der Waals surface area (Å²) in [5.74, 6) is -2.14. The largest absolute Gasteiger partial charge is 0.480 e. The molecule has 2 N–H and O–H groups in total. The summed E-state index contributed by atoms with van der Waals surface area (Å²) in [5.41, 5.74) is -1.09. The first kappa shape index (κ1) is 14.0. The predicted molar refractivity (Wildman–Crippen MR) is 70.4 cm³/mol. The molecule has 1 aliphatic rings. The van der Waals surface area contributed by atoms with E-state index in [2.05, 4.69) is 21.2 Å². The molecule has 0 aromatic heterocycles. The Morgan fingerprint density at radius 2 is 1.95 bits per heavy atom. The molecule has 0 aliphatic heterocycles. The molecule has 2 rings (SSSR count). The van der Waals surface area contributed by atoms with Crippen LogP contribution in [0.5, 0.6) is 0 Å². The van der Waals surface area contributed by atoms with E-state index in [1.54, 1.807) is 0 Å². The van der Waals surface area contributed by atoms with Gasteiger partial charge in [-0.05, 0) is 47.0 Å². The predicted octanol–water partition coefficient (Wildman–Crippen LogP) is 2.72. The standard InChI is InChI=1S/C13H13BrFNO3/c14-9-4-3-8(7-10(9)15)11(17)16-13(12(18)19)5-1-2-6-13/h3-4,7H,1-2,5-6H2,(H,16,17)(H,18,19). The molecule has 0 spiro atoms. The lowest BCUT2D eigenvalue weighted by atomic mass is 9.97. The van der Waals surface area contributed by atoms with Crippen LogP contribution in [0.25, 0.3) is 0 Å². The van der Waals surface area contributed by atoms with Gasteiger partial charge in [-0.1, -0.05) is 12.8 Å². The van der Waals surface area contributed by atoms with Gasteiger partial charge in [-0.15, -0.1) is 0 Å². The zero-order chi connectivity index (χ0) is 14.0. The Balaban J connectivity index is 2.20. The maximum atomic E-state index is 13.4. The van der Waals surface area contributed by atoms with Crippen molar-refractivity contribution >= 4 is 27.8 Å². The second-order valence-corrected chi connectivity index (χ2v) is 5.53. The highest BCUT2D eigenvalue weighted by molar-refractivity contribution is 9.10. The van der Waals surface area contributed by atoms with Crippen molar-refractivity contribution in [2.24, 2.45) is 0 Å². The highest BCUT2D eigenvalue weighted by atomic mass is 79.9. The van der Waals surface area contributed by atoms with Crippen molar-refractivity contribution in [3.63, 3.8) is 0 Å². The molecule has 0 saturated heterocycles. The monoisotopic (exact) mass is 329 g/mol. The van der Waals surface area contributed by atoms with Gasteiger partial charge in [0.25, 0.3) is 5.91 Å². The normalized spacial score (nSPS) is 17.2. The van der Waals surface area contributed by atoms with Crippen LogP contribution in [0, 0.1) is 5.82 Å².